The summed E-state index contributed by atoms with van der Waals surface area (Å²) >= 11 is 0. The lowest BCUT2D eigenvalue weighted by Crippen LogP contribution is -2.19. The van der Waals surface area contributed by atoms with Crippen molar-refractivity contribution in [3.05, 3.63) is 124 Å². The van der Waals surface area contributed by atoms with Crippen LogP contribution in [0.4, 0.5) is 5.82 Å². The van der Waals surface area contributed by atoms with Crippen LogP contribution >= 0.6 is 0 Å². The summed E-state index contributed by atoms with van der Waals surface area (Å²) in [7, 11) is 3.44. The molecule has 2 atom stereocenters. The van der Waals surface area contributed by atoms with E-state index in [-0.39, 0.29) is 30.3 Å². The molecule has 0 aliphatic carbocycles. The maximum atomic E-state index is 13.0. The fraction of sp³-hybridized carbons (Fsp3) is 0.413. The molecule has 0 aliphatic rings. The highest BCUT2D eigenvalue weighted by molar-refractivity contribution is 6.06. The highest BCUT2D eigenvalue weighted by Gasteiger charge is 2.16. The van der Waals surface area contributed by atoms with E-state index in [1.165, 1.54) is 29.9 Å². The number of carbonyl (C=O) groups excluding carboxylic acids is 2. The molecule has 4 rings (SSSR count). The number of carbonyl (C=O) groups is 2. The number of benzene rings is 3. The Labute approximate surface area is 321 Å². The molecule has 0 saturated heterocycles. The van der Waals surface area contributed by atoms with Gasteiger partial charge in [-0.15, -0.1) is 0 Å². The largest absolute Gasteiger partial charge is 0.504 e. The van der Waals surface area contributed by atoms with Crippen molar-refractivity contribution in [1.82, 2.24) is 10.3 Å². The van der Waals surface area contributed by atoms with Gasteiger partial charge in [-0.2, -0.15) is 0 Å². The number of nitrogens with one attached hydrogen (secondary N) is 1. The topological polar surface area (TPSA) is 135 Å². The number of nitrogens with zero attached hydrogens (tertiary/aromatic N) is 1. The van der Waals surface area contributed by atoms with Crippen molar-refractivity contribution < 1.29 is 24.5 Å². The number of anilines is 1. The number of rotatable bonds is 24. The number of phenolic OH excluding ortho intramolecular Hbond substituents is 1. The third kappa shape index (κ3) is 14.2. The molecule has 288 valence electrons. The minimum Gasteiger partial charge on any atom is -0.504 e. The Bertz CT molecular complexity index is 1810. The lowest BCUT2D eigenvalue weighted by Gasteiger charge is -2.20. The van der Waals surface area contributed by atoms with Crippen LogP contribution in [0.3, 0.4) is 0 Å². The van der Waals surface area contributed by atoms with E-state index in [1.807, 2.05) is 19.2 Å². The van der Waals surface area contributed by atoms with Crippen molar-refractivity contribution in [2.45, 2.75) is 84.0 Å². The summed E-state index contributed by atoms with van der Waals surface area (Å²) in [4.78, 5) is 30.2. The molecule has 5 N–H and O–H groups in total. The van der Waals surface area contributed by atoms with E-state index in [0.29, 0.717) is 41.8 Å². The zero-order valence-corrected chi connectivity index (χ0v) is 32.4. The van der Waals surface area contributed by atoms with E-state index in [1.54, 1.807) is 24.4 Å². The fourth-order valence-electron chi connectivity index (χ4n) is 7.27. The number of hydrogen-bond acceptors (Lipinski definition) is 8. The minimum absolute atomic E-state index is 0.000991. The average molecular weight is 734 g/mol. The number of hydrogen-bond donors (Lipinski definition) is 4. The van der Waals surface area contributed by atoms with Crippen LogP contribution in [0.15, 0.2) is 85.1 Å². The quantitative estimate of drug-likeness (QED) is 0.0422. The first-order chi connectivity index (χ1) is 26.2. The summed E-state index contributed by atoms with van der Waals surface area (Å²) in [5, 5.41) is 23.3. The van der Waals surface area contributed by atoms with E-state index < -0.39 is 0 Å². The van der Waals surface area contributed by atoms with Crippen LogP contribution in [0.25, 0.3) is 6.08 Å². The van der Waals surface area contributed by atoms with Gasteiger partial charge in [0.1, 0.15) is 11.6 Å². The summed E-state index contributed by atoms with van der Waals surface area (Å²) in [6, 6.07) is 24.6. The Morgan fingerprint density at radius 1 is 0.889 bits per heavy atom. The number of aryl methyl sites for hydroxylation is 4. The molecule has 8 heteroatoms. The first-order valence-corrected chi connectivity index (χ1v) is 19.4. The van der Waals surface area contributed by atoms with Crippen molar-refractivity contribution in [1.29, 1.82) is 0 Å². The maximum Gasteiger partial charge on any atom is 0.163 e. The van der Waals surface area contributed by atoms with Gasteiger partial charge in [0.25, 0.3) is 0 Å². The zero-order chi connectivity index (χ0) is 38.7. The van der Waals surface area contributed by atoms with Crippen molar-refractivity contribution >= 4 is 23.5 Å². The molecule has 3 aromatic carbocycles. The highest BCUT2D eigenvalue weighted by Crippen LogP contribution is 2.32. The molecule has 0 saturated carbocycles. The molecule has 54 heavy (non-hydrogen) atoms. The van der Waals surface area contributed by atoms with Crippen LogP contribution in [0, 0.1) is 11.8 Å². The summed E-state index contributed by atoms with van der Waals surface area (Å²) in [6.07, 6.45) is 13.5. The number of nitrogen functional groups attached to an aromatic ring is 1. The number of pyridine rings is 1. The predicted octanol–water partition coefficient (Wildman–Crippen LogP) is 7.89. The number of methoxy groups -OCH3 is 1. The monoisotopic (exact) mass is 733 g/mol. The Kier molecular flexibility index (Phi) is 17.4. The van der Waals surface area contributed by atoms with Crippen LogP contribution in [0.2, 0.25) is 0 Å². The van der Waals surface area contributed by atoms with E-state index in [0.717, 1.165) is 81.0 Å². The van der Waals surface area contributed by atoms with Gasteiger partial charge >= 0.3 is 0 Å². The van der Waals surface area contributed by atoms with Crippen molar-refractivity contribution in [3.63, 3.8) is 0 Å². The lowest BCUT2D eigenvalue weighted by molar-refractivity contribution is -0.124. The van der Waals surface area contributed by atoms with Gasteiger partial charge in [-0.25, -0.2) is 4.98 Å². The zero-order valence-electron chi connectivity index (χ0n) is 32.4. The average Bonchev–Trinajstić information content (AvgIpc) is 3.16. The second-order valence-electron chi connectivity index (χ2n) is 14.6. The number of aliphatic hydroxyl groups excluding tert-OH is 1. The van der Waals surface area contributed by atoms with Crippen LogP contribution in [-0.4, -0.2) is 54.1 Å². The number of phenols is 1. The van der Waals surface area contributed by atoms with Crippen LogP contribution in [0.5, 0.6) is 11.5 Å². The van der Waals surface area contributed by atoms with E-state index >= 15 is 0 Å². The normalized spacial score (nSPS) is 12.5. The number of Topliss-reactive ketones (excluding diaryl/α,β-unsaturated/α-hetero) is 1. The summed E-state index contributed by atoms with van der Waals surface area (Å²) < 4.78 is 5.40. The Hall–Kier alpha value is -4.79. The molecule has 1 aromatic heterocycles. The van der Waals surface area contributed by atoms with E-state index in [9.17, 15) is 19.8 Å². The van der Waals surface area contributed by atoms with Gasteiger partial charge in [-0.1, -0.05) is 74.0 Å². The molecule has 8 nitrogen and oxygen atoms in total. The van der Waals surface area contributed by atoms with E-state index in [2.05, 4.69) is 65.8 Å². The molecular weight excluding hydrogens is 675 g/mol. The second kappa shape index (κ2) is 22.4. The molecule has 4 aromatic rings. The number of nitrogens with two attached hydrogens (primary N) is 1. The molecule has 0 bridgehead atoms. The van der Waals surface area contributed by atoms with Crippen molar-refractivity contribution in [2.75, 3.05) is 33.0 Å². The van der Waals surface area contributed by atoms with Gasteiger partial charge in [0.15, 0.2) is 17.3 Å². The number of aromatic hydroxyl groups is 1. The third-order valence-electron chi connectivity index (χ3n) is 10.1. The molecule has 0 fully saturated rings. The molecule has 0 amide bonds. The van der Waals surface area contributed by atoms with Gasteiger partial charge in [0.05, 0.1) is 13.5 Å². The smallest absolute Gasteiger partial charge is 0.163 e. The van der Waals surface area contributed by atoms with Gasteiger partial charge in [-0.05, 0) is 146 Å². The van der Waals surface area contributed by atoms with Gasteiger partial charge in [0.2, 0.25) is 0 Å². The summed E-state index contributed by atoms with van der Waals surface area (Å²) in [6.45, 7) is 3.33. The number of ketones is 2. The number of aliphatic hydroxyl groups is 1. The van der Waals surface area contributed by atoms with Crippen LogP contribution < -0.4 is 15.8 Å². The highest BCUT2D eigenvalue weighted by atomic mass is 16.5. The van der Waals surface area contributed by atoms with Gasteiger partial charge in [-0.3, -0.25) is 9.59 Å². The Morgan fingerprint density at radius 2 is 1.59 bits per heavy atom. The first kappa shape index (κ1) is 42.0. The number of ether oxygens (including phenoxy) is 1. The predicted molar refractivity (Wildman–Crippen MR) is 219 cm³/mol. The third-order valence-corrected chi connectivity index (χ3v) is 10.1. The summed E-state index contributed by atoms with van der Waals surface area (Å²) in [5.74, 6) is 1.37. The maximum absolute atomic E-state index is 13.0. The number of aromatic nitrogens is 1. The molecule has 0 radical (unpaired) electrons. The van der Waals surface area contributed by atoms with Crippen molar-refractivity contribution in [3.8, 4) is 11.5 Å². The molecule has 0 spiro atoms. The second-order valence-corrected chi connectivity index (χ2v) is 14.6. The lowest BCUT2D eigenvalue weighted by atomic mass is 9.87. The molecule has 1 heterocycles. The standard InChI is InChI=1S/C46H59N3O5/c1-33(31-48-2)24-35(15-9-23-50)14-8-16-42(51)30-43(52)22-21-38-28-45(54-3)44(53)27-40(38)26-41-32-49-46(47)29-39(41)20-19-37-13-7-12-36(25-37)18-17-34-10-5-4-6-11-34/h4-7,10-13,21-22,25,27-29,32-33,35,48,50,53H,8-9,14-20,23-24,26,30-31H2,1-3H3,(H2,47,49)/b22-21+/t33-,35+/m1/s1. The minimum atomic E-state index is -0.265. The SMILES string of the molecule is CNC[C@H](C)C[C@H](CCCO)CCCC(=O)CC(=O)/C=C/c1cc(OC)c(O)cc1Cc1cnc(N)cc1CCc1cccc(CCc2ccccc2)c1. The van der Waals surface area contributed by atoms with Gasteiger partial charge < -0.3 is 26.0 Å². The Balaban J connectivity index is 1.40. The van der Waals surface area contributed by atoms with E-state index in [4.69, 9.17) is 10.5 Å². The van der Waals surface area contributed by atoms with Crippen molar-refractivity contribution in [2.24, 2.45) is 11.8 Å². The van der Waals surface area contributed by atoms with Gasteiger partial charge in [0, 0.05) is 19.2 Å². The van der Waals surface area contributed by atoms with Crippen LogP contribution in [0.1, 0.15) is 90.8 Å². The molecule has 0 unspecified atom stereocenters. The fourth-order valence-corrected chi connectivity index (χ4v) is 7.27. The Morgan fingerprint density at radius 3 is 2.31 bits per heavy atom. The number of allylic oxidation sites excluding steroid dienone is 1. The molecular formula is C46H59N3O5. The summed E-state index contributed by atoms with van der Waals surface area (Å²) in [5.41, 5.74) is 13.6. The first-order valence-electron chi connectivity index (χ1n) is 19.4. The molecule has 0 aliphatic heterocycles. The van der Waals surface area contributed by atoms with Crippen LogP contribution in [-0.2, 0) is 41.7 Å².